The molecule has 5 rings (SSSR count). The van der Waals surface area contributed by atoms with Crippen LogP contribution in [0.5, 0.6) is 5.75 Å². The average molecular weight is 439 g/mol. The lowest BCUT2D eigenvalue weighted by Gasteiger charge is -2.35. The molecule has 2 fully saturated rings. The number of halogens is 2. The van der Waals surface area contributed by atoms with Gasteiger partial charge in [0, 0.05) is 24.7 Å². The monoisotopic (exact) mass is 439 g/mol. The van der Waals surface area contributed by atoms with Crippen molar-refractivity contribution >= 4 is 5.91 Å². The van der Waals surface area contributed by atoms with Crippen LogP contribution in [0.2, 0.25) is 0 Å². The minimum absolute atomic E-state index is 0.158. The van der Waals surface area contributed by atoms with Gasteiger partial charge >= 0.3 is 0 Å². The Kier molecular flexibility index (Phi) is 5.38. The molecule has 6 nitrogen and oxygen atoms in total. The number of aliphatic hydroxyl groups excluding tert-OH is 1. The normalized spacial score (nSPS) is 24.9. The van der Waals surface area contributed by atoms with E-state index >= 15 is 0 Å². The van der Waals surface area contributed by atoms with Crippen molar-refractivity contribution in [3.63, 3.8) is 0 Å². The largest absolute Gasteiger partial charge is 0.488 e. The molecule has 2 heterocycles. The van der Waals surface area contributed by atoms with Crippen LogP contribution in [0, 0.1) is 23.5 Å². The molecule has 1 saturated heterocycles. The average Bonchev–Trinajstić information content (AvgIpc) is 3.41. The highest BCUT2D eigenvalue weighted by atomic mass is 19.1. The summed E-state index contributed by atoms with van der Waals surface area (Å²) in [5.41, 5.74) is 1.43. The number of aromatic nitrogens is 2. The lowest BCUT2D eigenvalue weighted by Crippen LogP contribution is -2.42. The summed E-state index contributed by atoms with van der Waals surface area (Å²) in [7, 11) is 0. The van der Waals surface area contributed by atoms with Gasteiger partial charge in [0.25, 0.3) is 5.91 Å². The van der Waals surface area contributed by atoms with Crippen LogP contribution in [0.4, 0.5) is 8.78 Å². The summed E-state index contributed by atoms with van der Waals surface area (Å²) in [4.78, 5) is 15.0. The van der Waals surface area contributed by atoms with E-state index in [0.717, 1.165) is 0 Å². The van der Waals surface area contributed by atoms with Crippen LogP contribution >= 0.6 is 0 Å². The Morgan fingerprint density at radius 3 is 2.53 bits per heavy atom. The molecule has 1 amide bonds. The summed E-state index contributed by atoms with van der Waals surface area (Å²) >= 11 is 0. The molecule has 0 unspecified atom stereocenters. The molecule has 1 aliphatic heterocycles. The molecule has 1 aromatic heterocycles. The maximum absolute atomic E-state index is 13.7. The number of H-pyrrole nitrogens is 1. The number of fused-ring (bicyclic) bond motifs is 1. The van der Waals surface area contributed by atoms with E-state index in [2.05, 4.69) is 10.2 Å². The number of aromatic amines is 1. The van der Waals surface area contributed by atoms with Crippen molar-refractivity contribution in [1.29, 1.82) is 0 Å². The Morgan fingerprint density at radius 2 is 1.78 bits per heavy atom. The zero-order chi connectivity index (χ0) is 22.2. The van der Waals surface area contributed by atoms with Gasteiger partial charge in [-0.3, -0.25) is 9.89 Å². The summed E-state index contributed by atoms with van der Waals surface area (Å²) in [6.45, 7) is 1.06. The zero-order valence-electron chi connectivity index (χ0n) is 17.2. The second-order valence-electron chi connectivity index (χ2n) is 8.55. The first-order chi connectivity index (χ1) is 15.5. The van der Waals surface area contributed by atoms with E-state index in [1.807, 2.05) is 0 Å². The standard InChI is InChI=1S/C24H23F2N3O3/c25-17-4-1-3-14(7-17)23-20(11-27-28-23)24(31)29-12-15-8-21(30)22(9-16(15)13-29)32-19-6-2-5-18(26)10-19/h1-7,10-11,15-16,21-22,30H,8-9,12-13H2,(H,27,28)/t15-,16+,21+,22+/m0/s1. The maximum atomic E-state index is 13.7. The van der Waals surface area contributed by atoms with E-state index in [1.54, 1.807) is 29.2 Å². The fourth-order valence-corrected chi connectivity index (χ4v) is 4.88. The molecule has 2 N–H and O–H groups in total. The number of hydrogen-bond acceptors (Lipinski definition) is 4. The molecule has 32 heavy (non-hydrogen) atoms. The lowest BCUT2D eigenvalue weighted by atomic mass is 9.78. The first kappa shape index (κ1) is 20.6. The minimum Gasteiger partial charge on any atom is -0.488 e. The van der Waals surface area contributed by atoms with Crippen LogP contribution in [0.1, 0.15) is 23.2 Å². The van der Waals surface area contributed by atoms with E-state index in [9.17, 15) is 18.7 Å². The van der Waals surface area contributed by atoms with Crippen LogP contribution < -0.4 is 4.74 Å². The van der Waals surface area contributed by atoms with Crippen LogP contribution in [-0.2, 0) is 0 Å². The molecule has 0 radical (unpaired) electrons. The number of carbonyl (C=O) groups is 1. The zero-order valence-corrected chi connectivity index (χ0v) is 17.2. The molecule has 2 aromatic carbocycles. The van der Waals surface area contributed by atoms with Crippen LogP contribution in [0.15, 0.2) is 54.7 Å². The van der Waals surface area contributed by atoms with Gasteiger partial charge in [0.2, 0.25) is 0 Å². The van der Waals surface area contributed by atoms with E-state index < -0.39 is 18.0 Å². The van der Waals surface area contributed by atoms with Crippen molar-refractivity contribution in [2.75, 3.05) is 13.1 Å². The lowest BCUT2D eigenvalue weighted by molar-refractivity contribution is -0.0232. The number of amides is 1. The van der Waals surface area contributed by atoms with Gasteiger partial charge in [0.1, 0.15) is 23.5 Å². The number of ether oxygens (including phenoxy) is 1. The van der Waals surface area contributed by atoms with Crippen LogP contribution in [0.3, 0.4) is 0 Å². The Morgan fingerprint density at radius 1 is 1.06 bits per heavy atom. The molecule has 4 atom stereocenters. The molecule has 1 aliphatic carbocycles. The van der Waals surface area contributed by atoms with E-state index in [0.29, 0.717) is 48.5 Å². The summed E-state index contributed by atoms with van der Waals surface area (Å²) in [6.07, 6.45) is 1.41. The number of hydrogen-bond donors (Lipinski definition) is 2. The number of benzene rings is 2. The molecule has 1 saturated carbocycles. The third-order valence-electron chi connectivity index (χ3n) is 6.44. The quantitative estimate of drug-likeness (QED) is 0.651. The SMILES string of the molecule is O=C(c1cn[nH]c1-c1cccc(F)c1)N1C[C@H]2C[C@@H](Oc3cccc(F)c3)[C@H](O)C[C@H]2C1. The number of nitrogens with one attached hydrogen (secondary N) is 1. The minimum atomic E-state index is -0.689. The smallest absolute Gasteiger partial charge is 0.257 e. The van der Waals surface area contributed by atoms with Crippen molar-refractivity contribution in [3.8, 4) is 17.0 Å². The summed E-state index contributed by atoms with van der Waals surface area (Å²) < 4.78 is 33.0. The Labute approximate surface area is 183 Å². The summed E-state index contributed by atoms with van der Waals surface area (Å²) in [5, 5.41) is 17.4. The molecule has 0 spiro atoms. The molecule has 3 aromatic rings. The van der Waals surface area contributed by atoms with E-state index in [1.165, 1.54) is 30.5 Å². The number of rotatable bonds is 4. The van der Waals surface area contributed by atoms with Gasteiger partial charge in [-0.1, -0.05) is 18.2 Å². The van der Waals surface area contributed by atoms with Crippen molar-refractivity contribution < 1.29 is 23.4 Å². The molecule has 2 aliphatic rings. The Bertz CT molecular complexity index is 1130. The van der Waals surface area contributed by atoms with Gasteiger partial charge in [0.15, 0.2) is 0 Å². The van der Waals surface area contributed by atoms with Gasteiger partial charge in [-0.05, 0) is 48.9 Å². The predicted octanol–water partition coefficient (Wildman–Crippen LogP) is 3.65. The molecular weight excluding hydrogens is 416 g/mol. The van der Waals surface area contributed by atoms with Gasteiger partial charge in [-0.15, -0.1) is 0 Å². The second kappa shape index (κ2) is 8.35. The molecule has 166 valence electrons. The first-order valence-corrected chi connectivity index (χ1v) is 10.7. The Balaban J connectivity index is 1.30. The highest BCUT2D eigenvalue weighted by Gasteiger charge is 2.44. The van der Waals surface area contributed by atoms with E-state index in [4.69, 9.17) is 4.74 Å². The molecule has 0 bridgehead atoms. The van der Waals surface area contributed by atoms with Crippen molar-refractivity contribution in [2.45, 2.75) is 25.0 Å². The fraction of sp³-hybridized carbons (Fsp3) is 0.333. The summed E-state index contributed by atoms with van der Waals surface area (Å²) in [6, 6.07) is 11.9. The van der Waals surface area contributed by atoms with Crippen molar-refractivity contribution in [2.24, 2.45) is 11.8 Å². The van der Waals surface area contributed by atoms with Crippen LogP contribution in [-0.4, -0.2) is 51.4 Å². The number of likely N-dealkylation sites (tertiary alicyclic amines) is 1. The summed E-state index contributed by atoms with van der Waals surface area (Å²) in [5.74, 6) is -0.240. The third-order valence-corrected chi connectivity index (χ3v) is 6.44. The highest BCUT2D eigenvalue weighted by molar-refractivity contribution is 5.99. The number of aliphatic hydroxyl groups is 1. The molecular formula is C24H23F2N3O3. The van der Waals surface area contributed by atoms with E-state index in [-0.39, 0.29) is 23.6 Å². The first-order valence-electron chi connectivity index (χ1n) is 10.7. The second-order valence-corrected chi connectivity index (χ2v) is 8.55. The fourth-order valence-electron chi connectivity index (χ4n) is 4.88. The maximum Gasteiger partial charge on any atom is 0.257 e. The van der Waals surface area contributed by atoms with Crippen molar-refractivity contribution in [1.82, 2.24) is 15.1 Å². The van der Waals surface area contributed by atoms with Crippen LogP contribution in [0.25, 0.3) is 11.3 Å². The van der Waals surface area contributed by atoms with Gasteiger partial charge in [0.05, 0.1) is 23.6 Å². The Hall–Kier alpha value is -3.26. The molecule has 8 heteroatoms. The number of nitrogens with zero attached hydrogens (tertiary/aromatic N) is 2. The van der Waals surface area contributed by atoms with Gasteiger partial charge in [-0.2, -0.15) is 5.10 Å². The highest BCUT2D eigenvalue weighted by Crippen LogP contribution is 2.39. The van der Waals surface area contributed by atoms with Crippen molar-refractivity contribution in [3.05, 3.63) is 71.9 Å². The third kappa shape index (κ3) is 3.98. The predicted molar refractivity (Wildman–Crippen MR) is 113 cm³/mol. The topological polar surface area (TPSA) is 78.5 Å². The van der Waals surface area contributed by atoms with Gasteiger partial charge < -0.3 is 14.7 Å². The number of carbonyl (C=O) groups excluding carboxylic acids is 1. The van der Waals surface area contributed by atoms with Gasteiger partial charge in [-0.25, -0.2) is 8.78 Å².